The molecule has 116 valence electrons. The monoisotopic (exact) mass is 293 g/mol. The molecule has 0 N–H and O–H groups in total. The van der Waals surface area contributed by atoms with E-state index in [-0.39, 0.29) is 23.6 Å². The summed E-state index contributed by atoms with van der Waals surface area (Å²) in [6.45, 7) is 4.69. The van der Waals surface area contributed by atoms with Crippen LogP contribution in [-0.2, 0) is 9.53 Å². The molecule has 21 heavy (non-hydrogen) atoms. The van der Waals surface area contributed by atoms with Gasteiger partial charge in [-0.1, -0.05) is 0 Å². The normalized spacial score (nSPS) is 18.9. The van der Waals surface area contributed by atoms with Gasteiger partial charge in [-0.25, -0.2) is 4.98 Å². The Morgan fingerprint density at radius 2 is 2.24 bits per heavy atom. The number of aromatic nitrogens is 2. The molecule has 0 aromatic carbocycles. The predicted octanol–water partition coefficient (Wildman–Crippen LogP) is 1.75. The number of carbonyl (C=O) groups is 1. The highest BCUT2D eigenvalue weighted by Crippen LogP contribution is 2.23. The highest BCUT2D eigenvalue weighted by molar-refractivity contribution is 5.70. The van der Waals surface area contributed by atoms with E-state index >= 15 is 0 Å². The third kappa shape index (κ3) is 3.43. The summed E-state index contributed by atoms with van der Waals surface area (Å²) in [5.41, 5.74) is -0.0933. The average molecular weight is 293 g/mol. The molecule has 1 aliphatic rings. The highest BCUT2D eigenvalue weighted by Gasteiger charge is 2.28. The maximum atomic E-state index is 12.6. The Hall–Kier alpha value is -1.85. The number of nitrogens with zero attached hydrogens (tertiary/aromatic N) is 3. The van der Waals surface area contributed by atoms with Gasteiger partial charge >= 0.3 is 5.97 Å². The molecule has 6 nitrogen and oxygen atoms in total. The molecule has 1 atom stereocenters. The molecule has 6 heteroatoms. The van der Waals surface area contributed by atoms with Crippen LogP contribution >= 0.6 is 0 Å². The lowest BCUT2D eigenvalue weighted by Gasteiger charge is -2.35. The van der Waals surface area contributed by atoms with Crippen molar-refractivity contribution in [3.63, 3.8) is 0 Å². The summed E-state index contributed by atoms with van der Waals surface area (Å²) in [4.78, 5) is 30.4. The summed E-state index contributed by atoms with van der Waals surface area (Å²) in [5.74, 6) is 0.201. The molecule has 2 heterocycles. The minimum atomic E-state index is -0.244. The van der Waals surface area contributed by atoms with Gasteiger partial charge in [-0.15, -0.1) is 0 Å². The van der Waals surface area contributed by atoms with Crippen LogP contribution in [0.1, 0.15) is 45.6 Å². The van der Waals surface area contributed by atoms with Crippen LogP contribution in [0.4, 0.5) is 5.82 Å². The topological polar surface area (TPSA) is 64.4 Å². The first-order valence-corrected chi connectivity index (χ1v) is 7.45. The van der Waals surface area contributed by atoms with Crippen molar-refractivity contribution in [3.8, 4) is 0 Å². The van der Waals surface area contributed by atoms with Gasteiger partial charge in [-0.05, 0) is 33.1 Å². The molecule has 0 bridgehead atoms. The van der Waals surface area contributed by atoms with Crippen LogP contribution in [0.3, 0.4) is 0 Å². The van der Waals surface area contributed by atoms with Gasteiger partial charge in [0.2, 0.25) is 0 Å². The molecule has 1 unspecified atom stereocenters. The number of ether oxygens (including phenoxy) is 1. The first kappa shape index (κ1) is 15.5. The molecule has 0 radical (unpaired) electrons. The number of hydrogen-bond acceptors (Lipinski definition) is 5. The third-order valence-electron chi connectivity index (χ3n) is 3.94. The third-order valence-corrected chi connectivity index (χ3v) is 3.94. The van der Waals surface area contributed by atoms with Crippen LogP contribution in [0.15, 0.2) is 17.2 Å². The molecule has 1 fully saturated rings. The van der Waals surface area contributed by atoms with Crippen LogP contribution in [0, 0.1) is 0 Å². The van der Waals surface area contributed by atoms with Gasteiger partial charge in [0.1, 0.15) is 0 Å². The van der Waals surface area contributed by atoms with Crippen LogP contribution in [0.25, 0.3) is 0 Å². The van der Waals surface area contributed by atoms with E-state index in [9.17, 15) is 9.59 Å². The van der Waals surface area contributed by atoms with Crippen molar-refractivity contribution >= 4 is 11.8 Å². The Labute approximate surface area is 124 Å². The molecular formula is C15H23N3O3. The molecule has 0 spiro atoms. The van der Waals surface area contributed by atoms with Crippen molar-refractivity contribution in [2.75, 3.05) is 18.6 Å². The van der Waals surface area contributed by atoms with E-state index < -0.39 is 0 Å². The summed E-state index contributed by atoms with van der Waals surface area (Å²) < 4.78 is 6.43. The molecule has 1 saturated heterocycles. The summed E-state index contributed by atoms with van der Waals surface area (Å²) in [6, 6.07) is 0.0810. The average Bonchev–Trinajstić information content (AvgIpc) is 2.48. The molecule has 0 aliphatic carbocycles. The van der Waals surface area contributed by atoms with Crippen molar-refractivity contribution in [2.45, 2.75) is 51.6 Å². The summed E-state index contributed by atoms with van der Waals surface area (Å²) in [6.07, 6.45) is 6.61. The minimum absolute atomic E-state index is 0.00517. The second kappa shape index (κ2) is 6.74. The lowest BCUT2D eigenvalue weighted by molar-refractivity contribution is -0.141. The maximum absolute atomic E-state index is 12.6. The number of carbonyl (C=O) groups excluding carboxylic acids is 1. The van der Waals surface area contributed by atoms with E-state index in [1.165, 1.54) is 7.11 Å². The summed E-state index contributed by atoms with van der Waals surface area (Å²) >= 11 is 0. The van der Waals surface area contributed by atoms with Gasteiger partial charge in [0.05, 0.1) is 13.5 Å². The van der Waals surface area contributed by atoms with E-state index in [1.807, 2.05) is 18.7 Å². The lowest BCUT2D eigenvalue weighted by Crippen LogP contribution is -2.45. The smallest absolute Gasteiger partial charge is 0.307 e. The van der Waals surface area contributed by atoms with Crippen molar-refractivity contribution < 1.29 is 9.53 Å². The summed E-state index contributed by atoms with van der Waals surface area (Å²) in [7, 11) is 1.39. The fourth-order valence-corrected chi connectivity index (χ4v) is 2.79. The number of hydrogen-bond donors (Lipinski definition) is 0. The molecule has 2 rings (SSSR count). The predicted molar refractivity (Wildman–Crippen MR) is 80.5 cm³/mol. The van der Waals surface area contributed by atoms with Gasteiger partial charge in [0, 0.05) is 31.0 Å². The number of anilines is 1. The van der Waals surface area contributed by atoms with Crippen molar-refractivity contribution in [2.24, 2.45) is 0 Å². The fraction of sp³-hybridized carbons (Fsp3) is 0.667. The van der Waals surface area contributed by atoms with Gasteiger partial charge in [0.15, 0.2) is 5.82 Å². The Kier molecular flexibility index (Phi) is 4.98. The van der Waals surface area contributed by atoms with Crippen LogP contribution in [0.2, 0.25) is 0 Å². The van der Waals surface area contributed by atoms with E-state index in [0.717, 1.165) is 25.8 Å². The zero-order valence-corrected chi connectivity index (χ0v) is 12.9. The first-order valence-electron chi connectivity index (χ1n) is 7.45. The van der Waals surface area contributed by atoms with E-state index in [1.54, 1.807) is 17.0 Å². The number of piperidine rings is 1. The van der Waals surface area contributed by atoms with Gasteiger partial charge < -0.3 is 14.2 Å². The number of rotatable bonds is 4. The number of esters is 1. The first-order chi connectivity index (χ1) is 10.0. The van der Waals surface area contributed by atoms with Crippen LogP contribution in [-0.4, -0.2) is 35.2 Å². The van der Waals surface area contributed by atoms with Crippen molar-refractivity contribution in [1.29, 1.82) is 0 Å². The highest BCUT2D eigenvalue weighted by atomic mass is 16.5. The molecular weight excluding hydrogens is 270 g/mol. The Morgan fingerprint density at radius 1 is 1.48 bits per heavy atom. The maximum Gasteiger partial charge on any atom is 0.307 e. The minimum Gasteiger partial charge on any atom is -0.469 e. The number of methoxy groups -OCH3 is 1. The van der Waals surface area contributed by atoms with E-state index in [0.29, 0.717) is 12.2 Å². The van der Waals surface area contributed by atoms with Gasteiger partial charge in [0.25, 0.3) is 5.56 Å². The molecule has 0 saturated carbocycles. The zero-order chi connectivity index (χ0) is 15.4. The second-order valence-corrected chi connectivity index (χ2v) is 5.68. The quantitative estimate of drug-likeness (QED) is 0.791. The SMILES string of the molecule is COC(=O)CC1CCCCN1c1nccn(C(C)C)c1=O. The summed E-state index contributed by atoms with van der Waals surface area (Å²) in [5, 5.41) is 0. The van der Waals surface area contributed by atoms with Crippen LogP contribution in [0.5, 0.6) is 0 Å². The molecule has 1 aliphatic heterocycles. The largest absolute Gasteiger partial charge is 0.469 e. The van der Waals surface area contributed by atoms with Crippen molar-refractivity contribution in [3.05, 3.63) is 22.7 Å². The molecule has 1 aromatic rings. The fourth-order valence-electron chi connectivity index (χ4n) is 2.79. The Morgan fingerprint density at radius 3 is 2.90 bits per heavy atom. The van der Waals surface area contributed by atoms with E-state index in [2.05, 4.69) is 4.98 Å². The van der Waals surface area contributed by atoms with Crippen LogP contribution < -0.4 is 10.5 Å². The Bertz CT molecular complexity index is 553. The van der Waals surface area contributed by atoms with E-state index in [4.69, 9.17) is 4.74 Å². The standard InChI is InChI=1S/C15H23N3O3/c1-11(2)17-9-7-16-14(15(17)20)18-8-5-4-6-12(18)10-13(19)21-3/h7,9,11-12H,4-6,8,10H2,1-3H3. The van der Waals surface area contributed by atoms with Gasteiger partial charge in [-0.3, -0.25) is 9.59 Å². The second-order valence-electron chi connectivity index (χ2n) is 5.68. The van der Waals surface area contributed by atoms with Gasteiger partial charge in [-0.2, -0.15) is 0 Å². The molecule has 1 aromatic heterocycles. The lowest BCUT2D eigenvalue weighted by atomic mass is 9.99. The molecule has 0 amide bonds. The zero-order valence-electron chi connectivity index (χ0n) is 12.9. The Balaban J connectivity index is 2.31. The van der Waals surface area contributed by atoms with Crippen molar-refractivity contribution in [1.82, 2.24) is 9.55 Å².